The molecule has 0 saturated carbocycles. The van der Waals surface area contributed by atoms with Crippen molar-refractivity contribution in [3.05, 3.63) is 96.7 Å². The van der Waals surface area contributed by atoms with Crippen LogP contribution >= 0.6 is 0 Å². The Labute approximate surface area is 161 Å². The van der Waals surface area contributed by atoms with Crippen molar-refractivity contribution in [1.29, 1.82) is 0 Å². The summed E-state index contributed by atoms with van der Waals surface area (Å²) in [6.07, 6.45) is 4.57. The van der Waals surface area contributed by atoms with Crippen LogP contribution < -0.4 is 10.1 Å². The molecule has 0 aliphatic carbocycles. The van der Waals surface area contributed by atoms with Gasteiger partial charge in [-0.15, -0.1) is 0 Å². The predicted molar refractivity (Wildman–Crippen MR) is 104 cm³/mol. The molecule has 138 valence electrons. The highest BCUT2D eigenvalue weighted by Gasteiger charge is 2.08. The Morgan fingerprint density at radius 3 is 2.68 bits per heavy atom. The summed E-state index contributed by atoms with van der Waals surface area (Å²) in [6.45, 7) is 0.444. The van der Waals surface area contributed by atoms with Crippen molar-refractivity contribution in [2.45, 2.75) is 6.61 Å². The lowest BCUT2D eigenvalue weighted by molar-refractivity contribution is 0.102. The zero-order chi connectivity index (χ0) is 19.2. The van der Waals surface area contributed by atoms with Crippen LogP contribution in [0.2, 0.25) is 0 Å². The summed E-state index contributed by atoms with van der Waals surface area (Å²) < 4.78 is 7.32. The van der Waals surface area contributed by atoms with Gasteiger partial charge < -0.3 is 10.1 Å². The quantitative estimate of drug-likeness (QED) is 0.561. The second kappa shape index (κ2) is 8.13. The van der Waals surface area contributed by atoms with E-state index in [0.717, 1.165) is 5.56 Å². The van der Waals surface area contributed by atoms with Gasteiger partial charge in [0.2, 0.25) is 0 Å². The number of ether oxygens (including phenoxy) is 1. The van der Waals surface area contributed by atoms with Gasteiger partial charge in [-0.25, -0.2) is 14.6 Å². The van der Waals surface area contributed by atoms with Crippen molar-refractivity contribution >= 4 is 11.6 Å². The maximum absolute atomic E-state index is 12.5. The molecule has 7 heteroatoms. The lowest BCUT2D eigenvalue weighted by Gasteiger charge is -2.09. The van der Waals surface area contributed by atoms with Crippen molar-refractivity contribution in [1.82, 2.24) is 19.7 Å². The Bertz CT molecular complexity index is 1050. The number of anilines is 1. The molecule has 0 bridgehead atoms. The lowest BCUT2D eigenvalue weighted by atomic mass is 10.2. The molecule has 2 aromatic carbocycles. The van der Waals surface area contributed by atoms with E-state index >= 15 is 0 Å². The van der Waals surface area contributed by atoms with Crippen molar-refractivity contribution < 1.29 is 9.53 Å². The van der Waals surface area contributed by atoms with E-state index in [1.165, 1.54) is 6.33 Å². The van der Waals surface area contributed by atoms with Gasteiger partial charge >= 0.3 is 0 Å². The number of pyridine rings is 1. The molecule has 1 N–H and O–H groups in total. The molecule has 0 spiro atoms. The number of amides is 1. The zero-order valence-corrected chi connectivity index (χ0v) is 14.9. The third-order valence-corrected chi connectivity index (χ3v) is 4.00. The summed E-state index contributed by atoms with van der Waals surface area (Å²) in [5.41, 5.74) is 2.16. The molecule has 0 aliphatic heterocycles. The highest BCUT2D eigenvalue weighted by molar-refractivity contribution is 6.04. The third kappa shape index (κ3) is 4.21. The van der Waals surface area contributed by atoms with E-state index in [-0.39, 0.29) is 5.91 Å². The molecule has 0 aliphatic rings. The Hall–Kier alpha value is -4.00. The van der Waals surface area contributed by atoms with Crippen LogP contribution in [0.1, 0.15) is 15.9 Å². The number of benzene rings is 2. The first-order valence-electron chi connectivity index (χ1n) is 8.67. The van der Waals surface area contributed by atoms with E-state index in [1.807, 2.05) is 36.4 Å². The molecule has 7 nitrogen and oxygen atoms in total. The number of nitrogens with one attached hydrogen (secondary N) is 1. The summed E-state index contributed by atoms with van der Waals surface area (Å²) in [5.74, 6) is 1.02. The average Bonchev–Trinajstić information content (AvgIpc) is 3.29. The minimum atomic E-state index is -0.236. The van der Waals surface area contributed by atoms with Gasteiger partial charge in [0.05, 0.1) is 11.9 Å². The molecule has 4 aromatic rings. The maximum atomic E-state index is 12.5. The molecule has 0 saturated heterocycles. The second-order valence-electron chi connectivity index (χ2n) is 6.00. The van der Waals surface area contributed by atoms with E-state index in [9.17, 15) is 4.79 Å². The molecular weight excluding hydrogens is 354 g/mol. The number of nitrogens with zero attached hydrogens (tertiary/aromatic N) is 4. The number of aromatic nitrogens is 4. The third-order valence-electron chi connectivity index (χ3n) is 4.00. The van der Waals surface area contributed by atoms with Crippen LogP contribution in [-0.4, -0.2) is 25.7 Å². The topological polar surface area (TPSA) is 81.9 Å². The monoisotopic (exact) mass is 371 g/mol. The molecule has 1 amide bonds. The molecule has 0 fully saturated rings. The fourth-order valence-electron chi connectivity index (χ4n) is 2.59. The van der Waals surface area contributed by atoms with Crippen LogP contribution in [0.25, 0.3) is 5.82 Å². The second-order valence-corrected chi connectivity index (χ2v) is 6.00. The molecule has 0 atom stereocenters. The lowest BCUT2D eigenvalue weighted by Crippen LogP contribution is -2.12. The van der Waals surface area contributed by atoms with Gasteiger partial charge in [-0.2, -0.15) is 5.10 Å². The Kier molecular flexibility index (Phi) is 5.06. The summed E-state index contributed by atoms with van der Waals surface area (Å²) in [5, 5.41) is 6.84. The standard InChI is InChI=1S/C21H17N5O2/c27-21(25-18-9-10-20(23-12-18)26-15-22-14-24-26)17-7-4-8-19(11-17)28-13-16-5-2-1-3-6-16/h1-12,14-15H,13H2,(H,25,27). The SMILES string of the molecule is O=C(Nc1ccc(-n2cncn2)nc1)c1cccc(OCc2ccccc2)c1. The van der Waals surface area contributed by atoms with Crippen LogP contribution in [0.15, 0.2) is 85.6 Å². The minimum absolute atomic E-state index is 0.236. The maximum Gasteiger partial charge on any atom is 0.255 e. The van der Waals surface area contributed by atoms with Gasteiger partial charge in [-0.05, 0) is 35.9 Å². The van der Waals surface area contributed by atoms with E-state index in [0.29, 0.717) is 29.4 Å². The highest BCUT2D eigenvalue weighted by Crippen LogP contribution is 2.17. The molecule has 2 aromatic heterocycles. The Morgan fingerprint density at radius 1 is 1.04 bits per heavy atom. The van der Waals surface area contributed by atoms with Crippen molar-refractivity contribution in [3.63, 3.8) is 0 Å². The van der Waals surface area contributed by atoms with Gasteiger partial charge in [-0.1, -0.05) is 36.4 Å². The minimum Gasteiger partial charge on any atom is -0.489 e. The summed E-state index contributed by atoms with van der Waals surface area (Å²) in [7, 11) is 0. The molecular formula is C21H17N5O2. The van der Waals surface area contributed by atoms with Crippen LogP contribution in [0, 0.1) is 0 Å². The molecule has 2 heterocycles. The number of hydrogen-bond donors (Lipinski definition) is 1. The predicted octanol–water partition coefficient (Wildman–Crippen LogP) is 3.49. The van der Waals surface area contributed by atoms with Gasteiger partial charge in [0, 0.05) is 5.56 Å². The van der Waals surface area contributed by atoms with Gasteiger partial charge in [0.25, 0.3) is 5.91 Å². The summed E-state index contributed by atoms with van der Waals surface area (Å²) in [6, 6.07) is 20.5. The molecule has 0 radical (unpaired) electrons. The van der Waals surface area contributed by atoms with E-state index in [4.69, 9.17) is 4.74 Å². The van der Waals surface area contributed by atoms with Crippen LogP contribution in [0.3, 0.4) is 0 Å². The van der Waals surface area contributed by atoms with Gasteiger partial charge in [-0.3, -0.25) is 4.79 Å². The van der Waals surface area contributed by atoms with Gasteiger partial charge in [0.1, 0.15) is 25.0 Å². The molecule has 28 heavy (non-hydrogen) atoms. The number of hydrogen-bond acceptors (Lipinski definition) is 5. The number of rotatable bonds is 6. The molecule has 0 unspecified atom stereocenters. The van der Waals surface area contributed by atoms with Crippen molar-refractivity contribution in [3.8, 4) is 11.6 Å². The smallest absolute Gasteiger partial charge is 0.255 e. The van der Waals surface area contributed by atoms with Crippen LogP contribution in [-0.2, 0) is 6.61 Å². The first-order valence-corrected chi connectivity index (χ1v) is 8.67. The van der Waals surface area contributed by atoms with E-state index < -0.39 is 0 Å². The van der Waals surface area contributed by atoms with Crippen molar-refractivity contribution in [2.24, 2.45) is 0 Å². The first-order chi connectivity index (χ1) is 13.8. The summed E-state index contributed by atoms with van der Waals surface area (Å²) >= 11 is 0. The average molecular weight is 371 g/mol. The largest absolute Gasteiger partial charge is 0.489 e. The Morgan fingerprint density at radius 2 is 1.93 bits per heavy atom. The molecule has 4 rings (SSSR count). The summed E-state index contributed by atoms with van der Waals surface area (Å²) in [4.78, 5) is 20.7. The fourth-order valence-corrected chi connectivity index (χ4v) is 2.59. The van der Waals surface area contributed by atoms with Crippen LogP contribution in [0.5, 0.6) is 5.75 Å². The van der Waals surface area contributed by atoms with Gasteiger partial charge in [0.15, 0.2) is 5.82 Å². The zero-order valence-electron chi connectivity index (χ0n) is 14.9. The fraction of sp³-hybridized carbons (Fsp3) is 0.0476. The van der Waals surface area contributed by atoms with Crippen molar-refractivity contribution in [2.75, 3.05) is 5.32 Å². The highest BCUT2D eigenvalue weighted by atomic mass is 16.5. The number of carbonyl (C=O) groups is 1. The first kappa shape index (κ1) is 17.4. The van der Waals surface area contributed by atoms with Crippen LogP contribution in [0.4, 0.5) is 5.69 Å². The van der Waals surface area contributed by atoms with E-state index in [1.54, 1.807) is 47.5 Å². The normalized spacial score (nSPS) is 10.4. The number of carbonyl (C=O) groups excluding carboxylic acids is 1. The van der Waals surface area contributed by atoms with E-state index in [2.05, 4.69) is 20.4 Å². The Balaban J connectivity index is 1.40.